The zero-order chi connectivity index (χ0) is 12.4. The summed E-state index contributed by atoms with van der Waals surface area (Å²) in [6, 6.07) is 0. The van der Waals surface area contributed by atoms with E-state index in [2.05, 4.69) is 16.9 Å². The first-order chi connectivity index (χ1) is 8.11. The Hall–Kier alpha value is -0.780. The van der Waals surface area contributed by atoms with Gasteiger partial charge in [0.05, 0.1) is 12.1 Å². The molecule has 2 unspecified atom stereocenters. The van der Waals surface area contributed by atoms with Gasteiger partial charge in [-0.2, -0.15) is 5.10 Å². The summed E-state index contributed by atoms with van der Waals surface area (Å²) in [5.41, 5.74) is 1.04. The molecule has 1 saturated heterocycles. The normalized spacial score (nSPS) is 23.3. The summed E-state index contributed by atoms with van der Waals surface area (Å²) in [4.78, 5) is 13.6. The van der Waals surface area contributed by atoms with Gasteiger partial charge in [-0.05, 0) is 25.1 Å². The average molecular weight is 310 g/mol. The number of hydrogen-bond acceptors (Lipinski definition) is 3. The number of carbonyl (C=O) groups is 1. The molecule has 2 heterocycles. The summed E-state index contributed by atoms with van der Waals surface area (Å²) in [5, 5.41) is 13.4. The maximum atomic E-state index is 11.3. The number of rotatable bonds is 3. The molecule has 1 fully saturated rings. The predicted molar refractivity (Wildman–Crippen MR) is 78.3 cm³/mol. The summed E-state index contributed by atoms with van der Waals surface area (Å²) in [6.45, 7) is 4.79. The van der Waals surface area contributed by atoms with Crippen molar-refractivity contribution in [2.75, 3.05) is 19.6 Å². The fraction of sp³-hybridized carbons (Fsp3) is 0.667. The molecule has 110 valence electrons. The first-order valence-corrected chi connectivity index (χ1v) is 6.05. The molecule has 2 rings (SSSR count). The number of aromatic nitrogens is 2. The Bertz CT molecular complexity index is 411. The maximum absolute atomic E-state index is 11.3. The number of likely N-dealkylation sites (tertiary alicyclic amines) is 1. The van der Waals surface area contributed by atoms with Gasteiger partial charge in [-0.1, -0.05) is 6.92 Å². The van der Waals surface area contributed by atoms with E-state index in [4.69, 9.17) is 0 Å². The second-order valence-electron chi connectivity index (χ2n) is 4.68. The molecule has 1 aromatic heterocycles. The largest absolute Gasteiger partial charge is 0.481 e. The third-order valence-corrected chi connectivity index (χ3v) is 3.61. The van der Waals surface area contributed by atoms with Crippen LogP contribution in [-0.2, 0) is 11.8 Å². The summed E-state index contributed by atoms with van der Waals surface area (Å²) in [5.74, 6) is -0.897. The molecule has 0 amide bonds. The molecule has 19 heavy (non-hydrogen) atoms. The fourth-order valence-electron chi connectivity index (χ4n) is 2.57. The van der Waals surface area contributed by atoms with Gasteiger partial charge in [-0.15, -0.1) is 24.8 Å². The Balaban J connectivity index is 0.00000162. The Morgan fingerprint density at radius 3 is 2.68 bits per heavy atom. The van der Waals surface area contributed by atoms with E-state index in [1.807, 2.05) is 13.2 Å². The molecular weight excluding hydrogens is 289 g/mol. The molecule has 0 bridgehead atoms. The number of aryl methyl sites for hydroxylation is 1. The van der Waals surface area contributed by atoms with Crippen LogP contribution in [0, 0.1) is 5.92 Å². The van der Waals surface area contributed by atoms with Crippen molar-refractivity contribution < 1.29 is 9.90 Å². The van der Waals surface area contributed by atoms with Crippen LogP contribution in [0.4, 0.5) is 0 Å². The first-order valence-electron chi connectivity index (χ1n) is 6.05. The molecule has 1 aliphatic rings. The highest BCUT2D eigenvalue weighted by molar-refractivity contribution is 5.85. The topological polar surface area (TPSA) is 58.4 Å². The van der Waals surface area contributed by atoms with E-state index in [0.29, 0.717) is 0 Å². The quantitative estimate of drug-likeness (QED) is 0.924. The van der Waals surface area contributed by atoms with E-state index < -0.39 is 5.97 Å². The van der Waals surface area contributed by atoms with Crippen molar-refractivity contribution in [2.45, 2.75) is 19.3 Å². The standard InChI is InChI=1S/C12H19N3O2.2ClH/c1-3-15-5-4-10(12(16)17)11(8-15)9-6-13-14(2)7-9;;/h6-7,10-11H,3-5,8H2,1-2H3,(H,16,17);2*1H. The van der Waals surface area contributed by atoms with E-state index in [0.717, 1.165) is 31.6 Å². The van der Waals surface area contributed by atoms with E-state index in [9.17, 15) is 9.90 Å². The second kappa shape index (κ2) is 7.72. The third-order valence-electron chi connectivity index (χ3n) is 3.61. The second-order valence-corrected chi connectivity index (χ2v) is 4.68. The lowest BCUT2D eigenvalue weighted by Crippen LogP contribution is -2.41. The Labute approximate surface area is 125 Å². The van der Waals surface area contributed by atoms with Crippen molar-refractivity contribution in [3.8, 4) is 0 Å². The number of halogens is 2. The maximum Gasteiger partial charge on any atom is 0.307 e. The molecule has 0 spiro atoms. The van der Waals surface area contributed by atoms with Crippen molar-refractivity contribution >= 4 is 30.8 Å². The zero-order valence-corrected chi connectivity index (χ0v) is 12.8. The lowest BCUT2D eigenvalue weighted by atomic mass is 9.82. The minimum atomic E-state index is -0.686. The highest BCUT2D eigenvalue weighted by Crippen LogP contribution is 2.32. The van der Waals surface area contributed by atoms with Gasteiger partial charge >= 0.3 is 5.97 Å². The molecule has 0 aliphatic carbocycles. The van der Waals surface area contributed by atoms with Crippen LogP contribution in [0.25, 0.3) is 0 Å². The van der Waals surface area contributed by atoms with Gasteiger partial charge in [0.2, 0.25) is 0 Å². The minimum absolute atomic E-state index is 0. The fourth-order valence-corrected chi connectivity index (χ4v) is 2.57. The van der Waals surface area contributed by atoms with Gasteiger partial charge in [0.15, 0.2) is 0 Å². The van der Waals surface area contributed by atoms with Crippen LogP contribution < -0.4 is 0 Å². The molecule has 0 radical (unpaired) electrons. The van der Waals surface area contributed by atoms with Crippen LogP contribution in [0.1, 0.15) is 24.8 Å². The molecule has 1 N–H and O–H groups in total. The highest BCUT2D eigenvalue weighted by atomic mass is 35.5. The van der Waals surface area contributed by atoms with Crippen LogP contribution in [0.15, 0.2) is 12.4 Å². The number of nitrogens with zero attached hydrogens (tertiary/aromatic N) is 3. The Kier molecular flexibility index (Phi) is 7.41. The van der Waals surface area contributed by atoms with E-state index in [-0.39, 0.29) is 36.6 Å². The smallest absolute Gasteiger partial charge is 0.307 e. The molecule has 1 aromatic rings. The number of carboxylic acids is 1. The molecule has 7 heteroatoms. The highest BCUT2D eigenvalue weighted by Gasteiger charge is 2.35. The zero-order valence-electron chi connectivity index (χ0n) is 11.2. The van der Waals surface area contributed by atoms with Gasteiger partial charge in [0.1, 0.15) is 0 Å². The Morgan fingerprint density at radius 1 is 1.53 bits per heavy atom. The molecular formula is C12H21Cl2N3O2. The Morgan fingerprint density at radius 2 is 2.21 bits per heavy atom. The first kappa shape index (κ1) is 18.2. The van der Waals surface area contributed by atoms with E-state index in [1.165, 1.54) is 0 Å². The van der Waals surface area contributed by atoms with Crippen LogP contribution in [0.5, 0.6) is 0 Å². The minimum Gasteiger partial charge on any atom is -0.481 e. The molecule has 0 aromatic carbocycles. The van der Waals surface area contributed by atoms with Crippen LogP contribution in [0.2, 0.25) is 0 Å². The SMILES string of the molecule is CCN1CCC(C(=O)O)C(c2cnn(C)c2)C1.Cl.Cl. The molecule has 0 saturated carbocycles. The number of piperidine rings is 1. The summed E-state index contributed by atoms with van der Waals surface area (Å²) >= 11 is 0. The summed E-state index contributed by atoms with van der Waals surface area (Å²) in [6.07, 6.45) is 4.45. The number of hydrogen-bond donors (Lipinski definition) is 1. The van der Waals surface area contributed by atoms with Gasteiger partial charge < -0.3 is 10.0 Å². The van der Waals surface area contributed by atoms with Crippen molar-refractivity contribution in [1.82, 2.24) is 14.7 Å². The lowest BCUT2D eigenvalue weighted by Gasteiger charge is -2.35. The number of aliphatic carboxylic acids is 1. The van der Waals surface area contributed by atoms with Gasteiger partial charge in [-0.3, -0.25) is 9.48 Å². The molecule has 5 nitrogen and oxygen atoms in total. The predicted octanol–water partition coefficient (Wildman–Crippen LogP) is 1.77. The van der Waals surface area contributed by atoms with Crippen molar-refractivity contribution in [2.24, 2.45) is 13.0 Å². The number of carboxylic acid groups (broad SMARTS) is 1. The third kappa shape index (κ3) is 4.09. The average Bonchev–Trinajstić information content (AvgIpc) is 2.75. The van der Waals surface area contributed by atoms with Crippen LogP contribution in [0.3, 0.4) is 0 Å². The van der Waals surface area contributed by atoms with Gasteiger partial charge in [0, 0.05) is 25.7 Å². The van der Waals surface area contributed by atoms with Crippen LogP contribution >= 0.6 is 24.8 Å². The van der Waals surface area contributed by atoms with Crippen molar-refractivity contribution in [1.29, 1.82) is 0 Å². The van der Waals surface area contributed by atoms with Crippen LogP contribution in [-0.4, -0.2) is 45.4 Å². The van der Waals surface area contributed by atoms with Crippen molar-refractivity contribution in [3.63, 3.8) is 0 Å². The molecule has 1 aliphatic heterocycles. The lowest BCUT2D eigenvalue weighted by molar-refractivity contribution is -0.144. The number of likely N-dealkylation sites (N-methyl/N-ethyl adjacent to an activating group) is 1. The monoisotopic (exact) mass is 309 g/mol. The summed E-state index contributed by atoms with van der Waals surface area (Å²) in [7, 11) is 1.86. The van der Waals surface area contributed by atoms with E-state index in [1.54, 1.807) is 10.9 Å². The molecule has 2 atom stereocenters. The summed E-state index contributed by atoms with van der Waals surface area (Å²) < 4.78 is 1.74. The van der Waals surface area contributed by atoms with Gasteiger partial charge in [-0.25, -0.2) is 0 Å². The van der Waals surface area contributed by atoms with Crippen molar-refractivity contribution in [3.05, 3.63) is 18.0 Å². The van der Waals surface area contributed by atoms with Gasteiger partial charge in [0.25, 0.3) is 0 Å². The van der Waals surface area contributed by atoms with E-state index >= 15 is 0 Å².